The first kappa shape index (κ1) is 20.5. The molecule has 0 unspecified atom stereocenters. The van der Waals surface area contributed by atoms with Crippen molar-refractivity contribution in [3.05, 3.63) is 94.0 Å². The predicted octanol–water partition coefficient (Wildman–Crippen LogP) is 4.21. The van der Waals surface area contributed by atoms with Gasteiger partial charge in [0.05, 0.1) is 22.7 Å². The molecule has 3 aromatic rings. The SMILES string of the molecule is Cc1c(NCC(=O)Nc2ccccc2C(=O)Nc2ccccc2)cccc1[N+](=O)[O-]. The molecule has 0 aliphatic heterocycles. The summed E-state index contributed by atoms with van der Waals surface area (Å²) in [6, 6.07) is 20.3. The van der Waals surface area contributed by atoms with Crippen LogP contribution in [0.4, 0.5) is 22.7 Å². The minimum absolute atomic E-state index is 0.0247. The van der Waals surface area contributed by atoms with Gasteiger partial charge in [-0.1, -0.05) is 36.4 Å². The topological polar surface area (TPSA) is 113 Å². The van der Waals surface area contributed by atoms with Crippen LogP contribution in [-0.2, 0) is 4.79 Å². The Morgan fingerprint density at radius 2 is 1.53 bits per heavy atom. The van der Waals surface area contributed by atoms with Crippen molar-refractivity contribution in [2.24, 2.45) is 0 Å². The lowest BCUT2D eigenvalue weighted by atomic mass is 10.1. The smallest absolute Gasteiger partial charge is 0.274 e. The molecule has 0 spiro atoms. The van der Waals surface area contributed by atoms with Crippen LogP contribution >= 0.6 is 0 Å². The Morgan fingerprint density at radius 1 is 0.867 bits per heavy atom. The van der Waals surface area contributed by atoms with E-state index in [2.05, 4.69) is 16.0 Å². The minimum Gasteiger partial charge on any atom is -0.376 e. The summed E-state index contributed by atoms with van der Waals surface area (Å²) in [7, 11) is 0. The number of nitrogens with one attached hydrogen (secondary N) is 3. The molecule has 2 amide bonds. The van der Waals surface area contributed by atoms with Gasteiger partial charge in [-0.25, -0.2) is 0 Å². The highest BCUT2D eigenvalue weighted by atomic mass is 16.6. The maximum atomic E-state index is 12.6. The lowest BCUT2D eigenvalue weighted by molar-refractivity contribution is -0.385. The van der Waals surface area contributed by atoms with Crippen LogP contribution in [0.3, 0.4) is 0 Å². The van der Waals surface area contributed by atoms with Crippen LogP contribution in [0.1, 0.15) is 15.9 Å². The molecule has 3 aromatic carbocycles. The normalized spacial score (nSPS) is 10.2. The first-order valence-electron chi connectivity index (χ1n) is 9.19. The summed E-state index contributed by atoms with van der Waals surface area (Å²) in [5.74, 6) is -0.736. The van der Waals surface area contributed by atoms with Crippen LogP contribution < -0.4 is 16.0 Å². The molecule has 0 heterocycles. The van der Waals surface area contributed by atoms with Gasteiger partial charge in [-0.3, -0.25) is 19.7 Å². The number of hydrogen-bond acceptors (Lipinski definition) is 5. The molecule has 8 heteroatoms. The summed E-state index contributed by atoms with van der Waals surface area (Å²) in [4.78, 5) is 35.6. The second-order valence-corrected chi connectivity index (χ2v) is 6.47. The van der Waals surface area contributed by atoms with Crippen molar-refractivity contribution in [2.75, 3.05) is 22.5 Å². The Kier molecular flexibility index (Phi) is 6.39. The third kappa shape index (κ3) is 4.99. The van der Waals surface area contributed by atoms with Gasteiger partial charge in [-0.15, -0.1) is 0 Å². The fourth-order valence-corrected chi connectivity index (χ4v) is 2.89. The maximum Gasteiger partial charge on any atom is 0.274 e. The molecule has 0 atom stereocenters. The molecule has 0 fully saturated rings. The van der Waals surface area contributed by atoms with Gasteiger partial charge in [0.15, 0.2) is 0 Å². The largest absolute Gasteiger partial charge is 0.376 e. The third-order valence-corrected chi connectivity index (χ3v) is 4.42. The maximum absolute atomic E-state index is 12.6. The van der Waals surface area contributed by atoms with Crippen molar-refractivity contribution in [2.45, 2.75) is 6.92 Å². The van der Waals surface area contributed by atoms with Gasteiger partial charge in [0.2, 0.25) is 5.91 Å². The van der Waals surface area contributed by atoms with Crippen LogP contribution in [-0.4, -0.2) is 23.3 Å². The van der Waals surface area contributed by atoms with Crippen LogP contribution in [0.25, 0.3) is 0 Å². The molecule has 0 saturated heterocycles. The summed E-state index contributed by atoms with van der Waals surface area (Å²) in [5, 5.41) is 19.4. The van der Waals surface area contributed by atoms with Crippen LogP contribution in [0.5, 0.6) is 0 Å². The zero-order valence-corrected chi connectivity index (χ0v) is 16.2. The Labute approximate surface area is 173 Å². The standard InChI is InChI=1S/C22H20N4O4/c1-15-18(12-7-13-20(15)26(29)30)23-14-21(27)25-19-11-6-5-10-17(19)22(28)24-16-8-3-2-4-9-16/h2-13,23H,14H2,1H3,(H,24,28)(H,25,27). The molecule has 8 nitrogen and oxygen atoms in total. The predicted molar refractivity (Wildman–Crippen MR) is 116 cm³/mol. The van der Waals surface area contributed by atoms with Crippen LogP contribution in [0.2, 0.25) is 0 Å². The molecule has 0 aliphatic carbocycles. The van der Waals surface area contributed by atoms with E-state index in [9.17, 15) is 19.7 Å². The summed E-state index contributed by atoms with van der Waals surface area (Å²) >= 11 is 0. The van der Waals surface area contributed by atoms with Crippen molar-refractivity contribution in [3.8, 4) is 0 Å². The van der Waals surface area contributed by atoms with Gasteiger partial charge in [-0.2, -0.15) is 0 Å². The van der Waals surface area contributed by atoms with E-state index in [1.165, 1.54) is 6.07 Å². The minimum atomic E-state index is -0.470. The molecule has 3 N–H and O–H groups in total. The molecule has 0 bridgehead atoms. The van der Waals surface area contributed by atoms with Gasteiger partial charge in [0, 0.05) is 23.0 Å². The van der Waals surface area contributed by atoms with Gasteiger partial charge < -0.3 is 16.0 Å². The molecule has 0 saturated carbocycles. The number of carbonyl (C=O) groups excluding carboxylic acids is 2. The summed E-state index contributed by atoms with van der Waals surface area (Å²) in [6.45, 7) is 1.50. The summed E-state index contributed by atoms with van der Waals surface area (Å²) < 4.78 is 0. The average Bonchev–Trinajstić information content (AvgIpc) is 2.74. The van der Waals surface area contributed by atoms with E-state index in [-0.39, 0.29) is 24.0 Å². The number of hydrogen-bond donors (Lipinski definition) is 3. The fourth-order valence-electron chi connectivity index (χ4n) is 2.89. The number of nitro groups is 1. The van der Waals surface area contributed by atoms with Gasteiger partial charge >= 0.3 is 0 Å². The van der Waals surface area contributed by atoms with E-state index in [1.54, 1.807) is 55.5 Å². The summed E-state index contributed by atoms with van der Waals surface area (Å²) in [5.41, 5.74) is 2.25. The number of para-hydroxylation sites is 2. The lowest BCUT2D eigenvalue weighted by Gasteiger charge is -2.13. The van der Waals surface area contributed by atoms with Crippen LogP contribution in [0, 0.1) is 17.0 Å². The zero-order valence-electron chi connectivity index (χ0n) is 16.2. The number of anilines is 3. The highest BCUT2D eigenvalue weighted by Gasteiger charge is 2.15. The van der Waals surface area contributed by atoms with E-state index >= 15 is 0 Å². The van der Waals surface area contributed by atoms with Crippen molar-refractivity contribution in [1.29, 1.82) is 0 Å². The average molecular weight is 404 g/mol. The van der Waals surface area contributed by atoms with Crippen LogP contribution in [0.15, 0.2) is 72.8 Å². The Balaban J connectivity index is 1.67. The first-order chi connectivity index (χ1) is 14.5. The number of benzene rings is 3. The van der Waals surface area contributed by atoms with Crippen molar-refractivity contribution in [1.82, 2.24) is 0 Å². The Morgan fingerprint density at radius 3 is 2.27 bits per heavy atom. The number of nitrogens with zero attached hydrogens (tertiary/aromatic N) is 1. The van der Waals surface area contributed by atoms with E-state index in [0.29, 0.717) is 28.2 Å². The van der Waals surface area contributed by atoms with Gasteiger partial charge in [-0.05, 0) is 37.3 Å². The third-order valence-electron chi connectivity index (χ3n) is 4.42. The molecular formula is C22H20N4O4. The monoisotopic (exact) mass is 404 g/mol. The summed E-state index contributed by atoms with van der Waals surface area (Å²) in [6.07, 6.45) is 0. The highest BCUT2D eigenvalue weighted by Crippen LogP contribution is 2.25. The fraction of sp³-hybridized carbons (Fsp3) is 0.0909. The molecule has 152 valence electrons. The van der Waals surface area contributed by atoms with Gasteiger partial charge in [0.1, 0.15) is 0 Å². The second-order valence-electron chi connectivity index (χ2n) is 6.47. The Hall–Kier alpha value is -4.20. The quantitative estimate of drug-likeness (QED) is 0.403. The molecule has 30 heavy (non-hydrogen) atoms. The number of carbonyl (C=O) groups is 2. The molecule has 3 rings (SSSR count). The lowest BCUT2D eigenvalue weighted by Crippen LogP contribution is -2.24. The van der Waals surface area contributed by atoms with Crippen molar-refractivity contribution >= 4 is 34.6 Å². The van der Waals surface area contributed by atoms with E-state index < -0.39 is 4.92 Å². The number of amides is 2. The first-order valence-corrected chi connectivity index (χ1v) is 9.19. The van der Waals surface area contributed by atoms with E-state index in [0.717, 1.165) is 0 Å². The molecule has 0 aliphatic rings. The van der Waals surface area contributed by atoms with E-state index in [4.69, 9.17) is 0 Å². The molecular weight excluding hydrogens is 384 g/mol. The highest BCUT2D eigenvalue weighted by molar-refractivity contribution is 6.10. The van der Waals surface area contributed by atoms with Crippen molar-refractivity contribution < 1.29 is 14.5 Å². The number of nitro benzene ring substituents is 1. The molecule has 0 aromatic heterocycles. The second kappa shape index (κ2) is 9.33. The van der Waals surface area contributed by atoms with E-state index in [1.807, 2.05) is 18.2 Å². The Bertz CT molecular complexity index is 1080. The van der Waals surface area contributed by atoms with Gasteiger partial charge in [0.25, 0.3) is 11.6 Å². The number of rotatable bonds is 7. The molecule has 0 radical (unpaired) electrons. The van der Waals surface area contributed by atoms with Crippen molar-refractivity contribution in [3.63, 3.8) is 0 Å². The zero-order chi connectivity index (χ0) is 21.5.